The SMILES string of the molecule is COc1cc(/C=C(\C#N)C(=O)N2CCOCC2)ccc1OC(=O)COc1ccc2c(C)cc(=O)oc2c1. The quantitative estimate of drug-likeness (QED) is 0.157. The van der Waals surface area contributed by atoms with Gasteiger partial charge in [0.05, 0.1) is 20.3 Å². The predicted octanol–water partition coefficient (Wildman–Crippen LogP) is 2.86. The molecule has 0 bridgehead atoms. The lowest BCUT2D eigenvalue weighted by molar-refractivity contribution is -0.136. The summed E-state index contributed by atoms with van der Waals surface area (Å²) in [4.78, 5) is 38.2. The molecule has 1 amide bonds. The van der Waals surface area contributed by atoms with Crippen LogP contribution in [-0.4, -0.2) is 56.8 Å². The number of hydrogen-bond donors (Lipinski definition) is 0. The van der Waals surface area contributed by atoms with Gasteiger partial charge >= 0.3 is 11.6 Å². The highest BCUT2D eigenvalue weighted by Crippen LogP contribution is 2.29. The van der Waals surface area contributed by atoms with Crippen LogP contribution in [0.4, 0.5) is 0 Å². The van der Waals surface area contributed by atoms with Gasteiger partial charge in [0.2, 0.25) is 0 Å². The number of nitriles is 1. The summed E-state index contributed by atoms with van der Waals surface area (Å²) < 4.78 is 26.6. The van der Waals surface area contributed by atoms with E-state index >= 15 is 0 Å². The summed E-state index contributed by atoms with van der Waals surface area (Å²) >= 11 is 0. The summed E-state index contributed by atoms with van der Waals surface area (Å²) in [5.74, 6) is -0.347. The zero-order valence-electron chi connectivity index (χ0n) is 20.3. The minimum Gasteiger partial charge on any atom is -0.493 e. The van der Waals surface area contributed by atoms with Crippen LogP contribution in [0.15, 0.2) is 57.2 Å². The number of amides is 1. The number of nitrogens with zero attached hydrogens (tertiary/aromatic N) is 2. The first kappa shape index (κ1) is 25.5. The smallest absolute Gasteiger partial charge is 0.349 e. The van der Waals surface area contributed by atoms with E-state index in [0.717, 1.165) is 10.9 Å². The third-order valence-electron chi connectivity index (χ3n) is 5.65. The average molecular weight is 504 g/mol. The summed E-state index contributed by atoms with van der Waals surface area (Å²) in [6.45, 7) is 3.10. The van der Waals surface area contributed by atoms with Crippen molar-refractivity contribution >= 4 is 28.9 Å². The van der Waals surface area contributed by atoms with Gasteiger partial charge in [-0.15, -0.1) is 0 Å². The number of benzene rings is 2. The van der Waals surface area contributed by atoms with Crippen molar-refractivity contribution in [3.8, 4) is 23.3 Å². The fourth-order valence-corrected chi connectivity index (χ4v) is 3.79. The Labute approximate surface area is 212 Å². The van der Waals surface area contributed by atoms with E-state index in [0.29, 0.717) is 43.2 Å². The normalized spacial score (nSPS) is 13.6. The van der Waals surface area contributed by atoms with Crippen LogP contribution in [0, 0.1) is 18.3 Å². The van der Waals surface area contributed by atoms with E-state index in [2.05, 4.69) is 0 Å². The number of aryl methyl sites for hydroxylation is 1. The zero-order valence-corrected chi connectivity index (χ0v) is 20.3. The van der Waals surface area contributed by atoms with Crippen molar-refractivity contribution < 1.29 is 33.0 Å². The van der Waals surface area contributed by atoms with Gasteiger partial charge in [-0.3, -0.25) is 4.79 Å². The molecule has 4 rings (SSSR count). The monoisotopic (exact) mass is 504 g/mol. The van der Waals surface area contributed by atoms with Crippen LogP contribution in [0.1, 0.15) is 11.1 Å². The molecule has 0 spiro atoms. The molecule has 2 heterocycles. The summed E-state index contributed by atoms with van der Waals surface area (Å²) in [6, 6.07) is 12.9. The highest BCUT2D eigenvalue weighted by molar-refractivity contribution is 6.01. The van der Waals surface area contributed by atoms with E-state index in [1.54, 1.807) is 36.1 Å². The van der Waals surface area contributed by atoms with Gasteiger partial charge in [0, 0.05) is 30.6 Å². The van der Waals surface area contributed by atoms with E-state index in [4.69, 9.17) is 23.4 Å². The first-order valence-electron chi connectivity index (χ1n) is 11.4. The fourth-order valence-electron chi connectivity index (χ4n) is 3.79. The van der Waals surface area contributed by atoms with Gasteiger partial charge in [0.15, 0.2) is 18.1 Å². The van der Waals surface area contributed by atoms with Crippen LogP contribution < -0.4 is 19.8 Å². The number of rotatable bonds is 7. The number of carbonyl (C=O) groups excluding carboxylic acids is 2. The van der Waals surface area contributed by atoms with Gasteiger partial charge in [-0.1, -0.05) is 6.07 Å². The molecule has 0 radical (unpaired) electrons. The molecule has 1 fully saturated rings. The lowest BCUT2D eigenvalue weighted by Crippen LogP contribution is -2.41. The van der Waals surface area contributed by atoms with Gasteiger partial charge in [0.1, 0.15) is 23.0 Å². The van der Waals surface area contributed by atoms with E-state index in [1.807, 2.05) is 6.07 Å². The summed E-state index contributed by atoms with van der Waals surface area (Å²) in [6.07, 6.45) is 1.45. The van der Waals surface area contributed by atoms with Crippen molar-refractivity contribution in [3.63, 3.8) is 0 Å². The standard InChI is InChI=1S/C27H24N2O8/c1-17-11-25(30)37-23-14-20(4-5-21(17)23)35-16-26(31)36-22-6-3-18(13-24(22)33-2)12-19(15-28)27(32)29-7-9-34-10-8-29/h3-6,11-14H,7-10,16H2,1-2H3/b19-12+. The molecule has 0 saturated carbocycles. The van der Waals surface area contributed by atoms with Gasteiger partial charge in [-0.05, 0) is 48.4 Å². The van der Waals surface area contributed by atoms with Crippen molar-refractivity contribution in [1.29, 1.82) is 5.26 Å². The van der Waals surface area contributed by atoms with Crippen molar-refractivity contribution in [3.05, 3.63) is 69.6 Å². The molecule has 3 aromatic rings. The Morgan fingerprint density at radius 1 is 1.11 bits per heavy atom. The number of esters is 1. The van der Waals surface area contributed by atoms with E-state index in [1.165, 1.54) is 31.4 Å². The number of ether oxygens (including phenoxy) is 4. The first-order chi connectivity index (χ1) is 17.9. The molecule has 10 heteroatoms. The average Bonchev–Trinajstić information content (AvgIpc) is 2.91. The summed E-state index contributed by atoms with van der Waals surface area (Å²) in [5.41, 5.74) is 1.15. The predicted molar refractivity (Wildman–Crippen MR) is 132 cm³/mol. The summed E-state index contributed by atoms with van der Waals surface area (Å²) in [7, 11) is 1.41. The molecule has 1 aromatic heterocycles. The second-order valence-corrected chi connectivity index (χ2v) is 8.15. The van der Waals surface area contributed by atoms with Crippen LogP contribution >= 0.6 is 0 Å². The van der Waals surface area contributed by atoms with Gasteiger partial charge in [-0.25, -0.2) is 9.59 Å². The van der Waals surface area contributed by atoms with Crippen molar-refractivity contribution in [2.75, 3.05) is 40.0 Å². The molecule has 1 saturated heterocycles. The molecular formula is C27H24N2O8. The van der Waals surface area contributed by atoms with E-state index in [9.17, 15) is 19.6 Å². The molecule has 190 valence electrons. The van der Waals surface area contributed by atoms with Crippen LogP contribution in [0.5, 0.6) is 17.2 Å². The second kappa shape index (κ2) is 11.4. The van der Waals surface area contributed by atoms with Crippen molar-refractivity contribution in [1.82, 2.24) is 4.90 Å². The minimum absolute atomic E-state index is 0.0245. The minimum atomic E-state index is -0.687. The Hall–Kier alpha value is -4.62. The number of carbonyl (C=O) groups is 2. The van der Waals surface area contributed by atoms with Crippen molar-refractivity contribution in [2.24, 2.45) is 0 Å². The molecule has 37 heavy (non-hydrogen) atoms. The van der Waals surface area contributed by atoms with Crippen LogP contribution in [0.3, 0.4) is 0 Å². The number of morpholine rings is 1. The van der Waals surface area contributed by atoms with Crippen LogP contribution in [-0.2, 0) is 14.3 Å². The maximum atomic E-state index is 12.6. The highest BCUT2D eigenvalue weighted by Gasteiger charge is 2.21. The molecule has 0 atom stereocenters. The fraction of sp³-hybridized carbons (Fsp3) is 0.259. The molecule has 0 aliphatic carbocycles. The number of methoxy groups -OCH3 is 1. The highest BCUT2D eigenvalue weighted by atomic mass is 16.6. The maximum absolute atomic E-state index is 12.6. The Morgan fingerprint density at radius 3 is 2.62 bits per heavy atom. The van der Waals surface area contributed by atoms with Gasteiger partial charge in [0.25, 0.3) is 5.91 Å². The van der Waals surface area contributed by atoms with Crippen molar-refractivity contribution in [2.45, 2.75) is 6.92 Å². The van der Waals surface area contributed by atoms with Crippen LogP contribution in [0.2, 0.25) is 0 Å². The van der Waals surface area contributed by atoms with E-state index in [-0.39, 0.29) is 23.0 Å². The zero-order chi connectivity index (χ0) is 26.4. The Kier molecular flexibility index (Phi) is 7.86. The van der Waals surface area contributed by atoms with Crippen LogP contribution in [0.25, 0.3) is 17.0 Å². The molecule has 1 aliphatic heterocycles. The molecule has 2 aromatic carbocycles. The third kappa shape index (κ3) is 6.15. The topological polar surface area (TPSA) is 128 Å². The molecular weight excluding hydrogens is 480 g/mol. The lowest BCUT2D eigenvalue weighted by Gasteiger charge is -2.26. The molecule has 1 aliphatic rings. The van der Waals surface area contributed by atoms with E-state index < -0.39 is 18.2 Å². The largest absolute Gasteiger partial charge is 0.493 e. The Morgan fingerprint density at radius 2 is 1.89 bits per heavy atom. The molecule has 0 N–H and O–H groups in total. The second-order valence-electron chi connectivity index (χ2n) is 8.15. The first-order valence-corrected chi connectivity index (χ1v) is 11.4. The lowest BCUT2D eigenvalue weighted by atomic mass is 10.1. The molecule has 0 unspecified atom stereocenters. The van der Waals surface area contributed by atoms with Gasteiger partial charge < -0.3 is 28.3 Å². The Balaban J connectivity index is 1.42. The molecule has 10 nitrogen and oxygen atoms in total. The Bertz CT molecular complexity index is 1460. The number of hydrogen-bond acceptors (Lipinski definition) is 9. The van der Waals surface area contributed by atoms with Gasteiger partial charge in [-0.2, -0.15) is 5.26 Å². The maximum Gasteiger partial charge on any atom is 0.349 e. The summed E-state index contributed by atoms with van der Waals surface area (Å²) in [5, 5.41) is 10.3. The number of fused-ring (bicyclic) bond motifs is 1. The third-order valence-corrected chi connectivity index (χ3v) is 5.65.